The third-order valence-electron chi connectivity index (χ3n) is 4.90. The van der Waals surface area contributed by atoms with Crippen molar-refractivity contribution in [2.45, 2.75) is 57.2 Å². The Morgan fingerprint density at radius 1 is 1.32 bits per heavy atom. The highest BCUT2D eigenvalue weighted by Crippen LogP contribution is 2.34. The van der Waals surface area contributed by atoms with Gasteiger partial charge in [-0.05, 0) is 37.0 Å². The van der Waals surface area contributed by atoms with E-state index in [4.69, 9.17) is 0 Å². The summed E-state index contributed by atoms with van der Waals surface area (Å²) in [5, 5.41) is 3.86. The first-order chi connectivity index (χ1) is 9.31. The van der Waals surface area contributed by atoms with Crippen molar-refractivity contribution < 1.29 is 0 Å². The molecule has 1 aromatic rings. The molecule has 1 aromatic heterocycles. The highest BCUT2D eigenvalue weighted by molar-refractivity contribution is 5.11. The van der Waals surface area contributed by atoms with Crippen molar-refractivity contribution in [2.24, 2.45) is 0 Å². The van der Waals surface area contributed by atoms with Crippen molar-refractivity contribution >= 4 is 0 Å². The molecule has 3 nitrogen and oxygen atoms in total. The fourth-order valence-corrected chi connectivity index (χ4v) is 3.73. The van der Waals surface area contributed by atoms with Crippen LogP contribution in [0.2, 0.25) is 0 Å². The van der Waals surface area contributed by atoms with Gasteiger partial charge < -0.3 is 5.32 Å². The lowest BCUT2D eigenvalue weighted by atomic mass is 9.91. The quantitative estimate of drug-likeness (QED) is 0.904. The summed E-state index contributed by atoms with van der Waals surface area (Å²) >= 11 is 0. The Balaban J connectivity index is 1.72. The number of hydrogen-bond donors (Lipinski definition) is 1. The standard InChI is InChI=1S/C16H25N3/c1-2-15-11-18-16(7-3-4-8-16)13-19(15)12-14-5-9-17-10-6-14/h5-6,9-10,15,18H,2-4,7-8,11-13H2,1H3. The number of pyridine rings is 1. The van der Waals surface area contributed by atoms with Gasteiger partial charge in [0.2, 0.25) is 0 Å². The van der Waals surface area contributed by atoms with Crippen molar-refractivity contribution in [3.05, 3.63) is 30.1 Å². The van der Waals surface area contributed by atoms with E-state index in [0.717, 1.165) is 13.1 Å². The van der Waals surface area contributed by atoms with E-state index >= 15 is 0 Å². The predicted octanol–water partition coefficient (Wildman–Crippen LogP) is 2.58. The summed E-state index contributed by atoms with van der Waals surface area (Å²) in [5.74, 6) is 0. The van der Waals surface area contributed by atoms with Gasteiger partial charge in [0, 0.05) is 43.6 Å². The molecule has 0 bridgehead atoms. The van der Waals surface area contributed by atoms with E-state index in [1.165, 1.54) is 44.2 Å². The molecule has 1 atom stereocenters. The molecule has 0 aromatic carbocycles. The largest absolute Gasteiger partial charge is 0.308 e. The van der Waals surface area contributed by atoms with E-state index in [9.17, 15) is 0 Å². The highest BCUT2D eigenvalue weighted by Gasteiger charge is 2.40. The van der Waals surface area contributed by atoms with Gasteiger partial charge in [0.25, 0.3) is 0 Å². The third kappa shape index (κ3) is 2.82. The normalized spacial score (nSPS) is 26.9. The second kappa shape index (κ2) is 5.59. The maximum Gasteiger partial charge on any atom is 0.0309 e. The Morgan fingerprint density at radius 3 is 2.74 bits per heavy atom. The summed E-state index contributed by atoms with van der Waals surface area (Å²) in [6.45, 7) is 5.75. The third-order valence-corrected chi connectivity index (χ3v) is 4.90. The van der Waals surface area contributed by atoms with Gasteiger partial charge in [-0.25, -0.2) is 0 Å². The number of hydrogen-bond acceptors (Lipinski definition) is 3. The highest BCUT2D eigenvalue weighted by atomic mass is 15.3. The number of rotatable bonds is 3. The molecule has 1 aliphatic carbocycles. The molecule has 1 saturated carbocycles. The summed E-state index contributed by atoms with van der Waals surface area (Å²) < 4.78 is 0. The zero-order valence-corrected chi connectivity index (χ0v) is 11.9. The Labute approximate surface area is 116 Å². The van der Waals surface area contributed by atoms with Crippen LogP contribution in [0.25, 0.3) is 0 Å². The van der Waals surface area contributed by atoms with E-state index < -0.39 is 0 Å². The van der Waals surface area contributed by atoms with E-state index in [0.29, 0.717) is 11.6 Å². The number of nitrogens with zero attached hydrogens (tertiary/aromatic N) is 2. The van der Waals surface area contributed by atoms with Gasteiger partial charge in [0.05, 0.1) is 0 Å². The van der Waals surface area contributed by atoms with Crippen LogP contribution in [0.1, 0.15) is 44.6 Å². The predicted molar refractivity (Wildman–Crippen MR) is 77.9 cm³/mol. The summed E-state index contributed by atoms with van der Waals surface area (Å²) in [7, 11) is 0. The zero-order chi connectivity index (χ0) is 13.1. The average molecular weight is 259 g/mol. The Bertz CT molecular complexity index is 398. The first-order valence-electron chi connectivity index (χ1n) is 7.69. The lowest BCUT2D eigenvalue weighted by Crippen LogP contribution is -2.62. The fourth-order valence-electron chi connectivity index (χ4n) is 3.73. The van der Waals surface area contributed by atoms with Crippen LogP contribution in [0.5, 0.6) is 0 Å². The molecular formula is C16H25N3. The van der Waals surface area contributed by atoms with Crippen LogP contribution in [0, 0.1) is 0 Å². The van der Waals surface area contributed by atoms with Crippen LogP contribution in [-0.4, -0.2) is 34.6 Å². The second-order valence-corrected chi connectivity index (χ2v) is 6.19. The van der Waals surface area contributed by atoms with Gasteiger partial charge in [-0.15, -0.1) is 0 Å². The zero-order valence-electron chi connectivity index (χ0n) is 11.9. The van der Waals surface area contributed by atoms with Crippen LogP contribution in [0.15, 0.2) is 24.5 Å². The van der Waals surface area contributed by atoms with Crippen molar-refractivity contribution in [3.63, 3.8) is 0 Å². The molecule has 1 unspecified atom stereocenters. The van der Waals surface area contributed by atoms with E-state index in [-0.39, 0.29) is 0 Å². The van der Waals surface area contributed by atoms with E-state index in [2.05, 4.69) is 34.3 Å². The lowest BCUT2D eigenvalue weighted by molar-refractivity contribution is 0.0718. The van der Waals surface area contributed by atoms with Crippen molar-refractivity contribution in [1.82, 2.24) is 15.2 Å². The van der Waals surface area contributed by atoms with Gasteiger partial charge in [0.15, 0.2) is 0 Å². The Hall–Kier alpha value is -0.930. The van der Waals surface area contributed by atoms with Crippen molar-refractivity contribution in [2.75, 3.05) is 13.1 Å². The topological polar surface area (TPSA) is 28.2 Å². The first kappa shape index (κ1) is 13.1. The van der Waals surface area contributed by atoms with Gasteiger partial charge in [0.1, 0.15) is 0 Å². The molecule has 19 heavy (non-hydrogen) atoms. The maximum absolute atomic E-state index is 4.12. The Kier molecular flexibility index (Phi) is 3.85. The van der Waals surface area contributed by atoms with Gasteiger partial charge in [-0.1, -0.05) is 19.8 Å². The Morgan fingerprint density at radius 2 is 2.05 bits per heavy atom. The summed E-state index contributed by atoms with van der Waals surface area (Å²) in [5.41, 5.74) is 1.81. The van der Waals surface area contributed by atoms with Crippen LogP contribution in [-0.2, 0) is 6.54 Å². The minimum absolute atomic E-state index is 0.415. The molecule has 0 amide bonds. The molecular weight excluding hydrogens is 234 g/mol. The average Bonchev–Trinajstić information content (AvgIpc) is 2.88. The van der Waals surface area contributed by atoms with Crippen LogP contribution in [0.3, 0.4) is 0 Å². The molecule has 2 aliphatic rings. The fraction of sp³-hybridized carbons (Fsp3) is 0.688. The minimum Gasteiger partial charge on any atom is -0.308 e. The number of aromatic nitrogens is 1. The number of piperazine rings is 1. The summed E-state index contributed by atoms with van der Waals surface area (Å²) in [4.78, 5) is 6.81. The van der Waals surface area contributed by atoms with Crippen LogP contribution in [0.4, 0.5) is 0 Å². The van der Waals surface area contributed by atoms with Crippen LogP contribution < -0.4 is 5.32 Å². The first-order valence-corrected chi connectivity index (χ1v) is 7.69. The molecule has 1 spiro atoms. The van der Waals surface area contributed by atoms with E-state index in [1.807, 2.05) is 12.4 Å². The number of nitrogens with one attached hydrogen (secondary N) is 1. The minimum atomic E-state index is 0.415. The summed E-state index contributed by atoms with van der Waals surface area (Å²) in [6.07, 6.45) is 10.5. The van der Waals surface area contributed by atoms with Crippen molar-refractivity contribution in [1.29, 1.82) is 0 Å². The molecule has 3 heteroatoms. The monoisotopic (exact) mass is 259 g/mol. The molecule has 0 radical (unpaired) electrons. The molecule has 1 saturated heterocycles. The van der Waals surface area contributed by atoms with Crippen molar-refractivity contribution in [3.8, 4) is 0 Å². The van der Waals surface area contributed by atoms with E-state index in [1.54, 1.807) is 0 Å². The molecule has 104 valence electrons. The molecule has 2 heterocycles. The van der Waals surface area contributed by atoms with Gasteiger partial charge in [-0.3, -0.25) is 9.88 Å². The smallest absolute Gasteiger partial charge is 0.0309 e. The lowest BCUT2D eigenvalue weighted by Gasteiger charge is -2.46. The molecule has 1 aliphatic heterocycles. The van der Waals surface area contributed by atoms with Gasteiger partial charge in [-0.2, -0.15) is 0 Å². The maximum atomic E-state index is 4.12. The molecule has 1 N–H and O–H groups in total. The van der Waals surface area contributed by atoms with Crippen LogP contribution >= 0.6 is 0 Å². The molecule has 3 rings (SSSR count). The SMILES string of the molecule is CCC1CNC2(CCCC2)CN1Cc1ccncc1. The summed E-state index contributed by atoms with van der Waals surface area (Å²) in [6, 6.07) is 4.98. The van der Waals surface area contributed by atoms with Gasteiger partial charge >= 0.3 is 0 Å². The molecule has 2 fully saturated rings. The second-order valence-electron chi connectivity index (χ2n) is 6.19.